The van der Waals surface area contributed by atoms with E-state index in [0.29, 0.717) is 40.5 Å². The van der Waals surface area contributed by atoms with Gasteiger partial charge in [0.15, 0.2) is 5.65 Å². The zero-order chi connectivity index (χ0) is 19.3. The van der Waals surface area contributed by atoms with Crippen molar-refractivity contribution in [2.24, 2.45) is 0 Å². The molecule has 0 spiro atoms. The topological polar surface area (TPSA) is 79.6 Å². The number of aromatic nitrogens is 3. The molecule has 2 fully saturated rings. The third kappa shape index (κ3) is 3.25. The number of sulfonamides is 1. The minimum Gasteiger partial charge on any atom is -0.340 e. The summed E-state index contributed by atoms with van der Waals surface area (Å²) in [5.41, 5.74) is 2.49. The van der Waals surface area contributed by atoms with E-state index >= 15 is 0 Å². The first-order valence-electron chi connectivity index (χ1n) is 9.44. The van der Waals surface area contributed by atoms with Crippen molar-refractivity contribution in [3.8, 4) is 0 Å². The molecular formula is C19H20ClN5O2S. The number of rotatable bonds is 5. The fourth-order valence-corrected chi connectivity index (χ4v) is 5.27. The number of benzene rings is 1. The number of nitrogens with one attached hydrogen (secondary N) is 1. The summed E-state index contributed by atoms with van der Waals surface area (Å²) in [4.78, 5) is 4.65. The summed E-state index contributed by atoms with van der Waals surface area (Å²) in [6.45, 7) is 1.19. The third-order valence-corrected chi connectivity index (χ3v) is 7.35. The van der Waals surface area contributed by atoms with Crippen molar-refractivity contribution in [3.05, 3.63) is 47.2 Å². The smallest absolute Gasteiger partial charge is 0.243 e. The number of hydrogen-bond acceptors (Lipinski definition) is 5. The fraction of sp³-hybridized carbons (Fsp3) is 0.368. The van der Waals surface area contributed by atoms with Crippen LogP contribution >= 0.6 is 11.6 Å². The first kappa shape index (κ1) is 17.9. The van der Waals surface area contributed by atoms with Gasteiger partial charge in [-0.2, -0.15) is 13.9 Å². The Morgan fingerprint density at radius 2 is 1.79 bits per heavy atom. The Morgan fingerprint density at radius 1 is 1.07 bits per heavy atom. The fourth-order valence-electron chi connectivity index (χ4n) is 3.56. The van der Waals surface area contributed by atoms with Crippen molar-refractivity contribution in [2.75, 3.05) is 18.4 Å². The first-order valence-corrected chi connectivity index (χ1v) is 11.3. The van der Waals surface area contributed by atoms with Gasteiger partial charge in [-0.25, -0.2) is 13.4 Å². The number of fused-ring (bicyclic) bond motifs is 1. The van der Waals surface area contributed by atoms with E-state index in [4.69, 9.17) is 11.6 Å². The first-order chi connectivity index (χ1) is 13.5. The standard InChI is InChI=1S/C19H20ClN5O2S/c20-17-12-19(25-18(22-17)11-16(23-25)13-3-4-13)21-14-5-7-15(8-6-14)28(26,27)24-9-1-2-10-24/h5-8,11-13,21H,1-4,9-10H2. The second-order valence-electron chi connectivity index (χ2n) is 7.34. The van der Waals surface area contributed by atoms with Gasteiger partial charge in [-0.05, 0) is 49.9 Å². The molecule has 1 aromatic carbocycles. The van der Waals surface area contributed by atoms with Crippen molar-refractivity contribution < 1.29 is 8.42 Å². The second-order valence-corrected chi connectivity index (χ2v) is 9.66. The van der Waals surface area contributed by atoms with Gasteiger partial charge in [-0.3, -0.25) is 0 Å². The minimum absolute atomic E-state index is 0.313. The molecule has 0 atom stereocenters. The Hall–Kier alpha value is -2.16. The maximum atomic E-state index is 12.7. The van der Waals surface area contributed by atoms with Gasteiger partial charge in [0.1, 0.15) is 11.0 Å². The van der Waals surface area contributed by atoms with E-state index in [9.17, 15) is 8.42 Å². The van der Waals surface area contributed by atoms with E-state index in [2.05, 4.69) is 15.4 Å². The van der Waals surface area contributed by atoms with Crippen LogP contribution in [-0.4, -0.2) is 40.4 Å². The molecule has 5 rings (SSSR count). The molecule has 2 aromatic heterocycles. The van der Waals surface area contributed by atoms with Gasteiger partial charge in [-0.15, -0.1) is 0 Å². The summed E-state index contributed by atoms with van der Waals surface area (Å²) in [5, 5.41) is 8.31. The monoisotopic (exact) mass is 417 g/mol. The van der Waals surface area contributed by atoms with Gasteiger partial charge < -0.3 is 5.32 Å². The Morgan fingerprint density at radius 3 is 2.46 bits per heavy atom. The molecular weight excluding hydrogens is 398 g/mol. The van der Waals surface area contributed by atoms with Crippen LogP contribution in [0.5, 0.6) is 0 Å². The van der Waals surface area contributed by atoms with Gasteiger partial charge in [0.2, 0.25) is 10.0 Å². The van der Waals surface area contributed by atoms with Crippen LogP contribution in [0.25, 0.3) is 5.65 Å². The lowest BCUT2D eigenvalue weighted by Gasteiger charge is -2.16. The molecule has 0 amide bonds. The van der Waals surface area contributed by atoms with Gasteiger partial charge >= 0.3 is 0 Å². The van der Waals surface area contributed by atoms with Crippen molar-refractivity contribution in [1.82, 2.24) is 18.9 Å². The second kappa shape index (κ2) is 6.72. The van der Waals surface area contributed by atoms with Crippen LogP contribution in [-0.2, 0) is 10.0 Å². The quantitative estimate of drug-likeness (QED) is 0.639. The van der Waals surface area contributed by atoms with Crippen LogP contribution in [0.4, 0.5) is 11.5 Å². The maximum absolute atomic E-state index is 12.7. The summed E-state index contributed by atoms with van der Waals surface area (Å²) in [5.74, 6) is 1.21. The lowest BCUT2D eigenvalue weighted by molar-refractivity contribution is 0.477. The van der Waals surface area contributed by atoms with E-state index < -0.39 is 10.0 Å². The highest BCUT2D eigenvalue weighted by molar-refractivity contribution is 7.89. The molecule has 3 aromatic rings. The van der Waals surface area contributed by atoms with Crippen molar-refractivity contribution in [2.45, 2.75) is 36.5 Å². The Kier molecular flexibility index (Phi) is 4.30. The lowest BCUT2D eigenvalue weighted by atomic mass is 10.3. The molecule has 9 heteroatoms. The number of anilines is 2. The normalized spacial score (nSPS) is 18.0. The van der Waals surface area contributed by atoms with Crippen LogP contribution in [0.15, 0.2) is 41.3 Å². The van der Waals surface area contributed by atoms with Gasteiger partial charge in [-0.1, -0.05) is 11.6 Å². The summed E-state index contributed by atoms with van der Waals surface area (Å²) in [6, 6.07) is 10.5. The van der Waals surface area contributed by atoms with Gasteiger partial charge in [0.05, 0.1) is 10.6 Å². The van der Waals surface area contributed by atoms with E-state index in [1.165, 1.54) is 0 Å². The Balaban J connectivity index is 1.43. The zero-order valence-corrected chi connectivity index (χ0v) is 16.7. The maximum Gasteiger partial charge on any atom is 0.243 e. The minimum atomic E-state index is -3.41. The Labute approximate surface area is 168 Å². The molecule has 2 aliphatic rings. The van der Waals surface area contributed by atoms with Crippen molar-refractivity contribution in [1.29, 1.82) is 0 Å². The van der Waals surface area contributed by atoms with Gasteiger partial charge in [0, 0.05) is 36.8 Å². The highest BCUT2D eigenvalue weighted by Gasteiger charge is 2.28. The van der Waals surface area contributed by atoms with E-state index in [1.54, 1.807) is 39.2 Å². The van der Waals surface area contributed by atoms with Crippen molar-refractivity contribution >= 4 is 38.8 Å². The van der Waals surface area contributed by atoms with Crippen molar-refractivity contribution in [3.63, 3.8) is 0 Å². The van der Waals surface area contributed by atoms with Crippen LogP contribution in [0.3, 0.4) is 0 Å². The summed E-state index contributed by atoms with van der Waals surface area (Å²) < 4.78 is 28.6. The van der Waals surface area contributed by atoms with E-state index in [0.717, 1.165) is 37.1 Å². The molecule has 1 saturated heterocycles. The molecule has 3 heterocycles. The highest BCUT2D eigenvalue weighted by Crippen LogP contribution is 2.39. The van der Waals surface area contributed by atoms with E-state index in [1.807, 2.05) is 6.07 Å². The van der Waals surface area contributed by atoms with Crippen LogP contribution in [0, 0.1) is 0 Å². The predicted molar refractivity (Wildman–Crippen MR) is 108 cm³/mol. The molecule has 1 aliphatic heterocycles. The number of hydrogen-bond donors (Lipinski definition) is 1. The summed E-state index contributed by atoms with van der Waals surface area (Å²) in [6.07, 6.45) is 4.16. The summed E-state index contributed by atoms with van der Waals surface area (Å²) >= 11 is 6.18. The largest absolute Gasteiger partial charge is 0.340 e. The molecule has 0 bridgehead atoms. The zero-order valence-electron chi connectivity index (χ0n) is 15.2. The summed E-state index contributed by atoms with van der Waals surface area (Å²) in [7, 11) is -3.41. The van der Waals surface area contributed by atoms with Crippen LogP contribution < -0.4 is 5.32 Å². The average Bonchev–Trinajstić information content (AvgIpc) is 3.19. The predicted octanol–water partition coefficient (Wildman–Crippen LogP) is 3.79. The number of nitrogens with zero attached hydrogens (tertiary/aromatic N) is 4. The van der Waals surface area contributed by atoms with Gasteiger partial charge in [0.25, 0.3) is 0 Å². The van der Waals surface area contributed by atoms with Crippen LogP contribution in [0.2, 0.25) is 5.15 Å². The molecule has 0 unspecified atom stereocenters. The number of halogens is 1. The molecule has 28 heavy (non-hydrogen) atoms. The molecule has 146 valence electrons. The average molecular weight is 418 g/mol. The molecule has 1 aliphatic carbocycles. The molecule has 1 saturated carbocycles. The van der Waals surface area contributed by atoms with Crippen LogP contribution in [0.1, 0.15) is 37.3 Å². The molecule has 0 radical (unpaired) electrons. The Bertz CT molecular complexity index is 1130. The SMILES string of the molecule is O=S(=O)(c1ccc(Nc2cc(Cl)nc3cc(C4CC4)nn23)cc1)N1CCCC1. The lowest BCUT2D eigenvalue weighted by Crippen LogP contribution is -2.27. The molecule has 7 nitrogen and oxygen atoms in total. The highest BCUT2D eigenvalue weighted by atomic mass is 35.5. The molecule has 1 N–H and O–H groups in total. The third-order valence-electron chi connectivity index (χ3n) is 5.24. The van der Waals surface area contributed by atoms with E-state index in [-0.39, 0.29) is 0 Å².